The summed E-state index contributed by atoms with van der Waals surface area (Å²) < 4.78 is 5.63. The first kappa shape index (κ1) is 18.5. The fourth-order valence-corrected chi connectivity index (χ4v) is 2.23. The molecule has 0 spiro atoms. The summed E-state index contributed by atoms with van der Waals surface area (Å²) in [5.74, 6) is 0.375. The Balaban J connectivity index is 1.72. The van der Waals surface area contributed by atoms with Crippen molar-refractivity contribution >= 4 is 11.8 Å². The van der Waals surface area contributed by atoms with E-state index in [0.29, 0.717) is 18.7 Å². The smallest absolute Gasteiger partial charge is 0.251 e. The Hall–Kier alpha value is -2.82. The lowest BCUT2D eigenvalue weighted by atomic mass is 10.1. The Morgan fingerprint density at radius 3 is 2.44 bits per heavy atom. The molecule has 25 heavy (non-hydrogen) atoms. The van der Waals surface area contributed by atoms with Crippen molar-refractivity contribution in [1.29, 1.82) is 0 Å². The molecule has 5 heteroatoms. The van der Waals surface area contributed by atoms with Gasteiger partial charge in [-0.05, 0) is 43.7 Å². The number of carbonyl (C=O) groups excluding carboxylic acids is 2. The maximum absolute atomic E-state index is 12.1. The summed E-state index contributed by atoms with van der Waals surface area (Å²) in [6, 6.07) is 15.0. The number of benzene rings is 2. The number of aryl methyl sites for hydroxylation is 2. The highest BCUT2D eigenvalue weighted by Crippen LogP contribution is 2.12. The van der Waals surface area contributed by atoms with E-state index in [9.17, 15) is 9.59 Å². The molecule has 2 aromatic carbocycles. The van der Waals surface area contributed by atoms with Crippen molar-refractivity contribution in [1.82, 2.24) is 10.2 Å². The number of likely N-dealkylation sites (N-methyl/N-ethyl adjacent to an activating group) is 1. The molecular formula is C20H24N2O3. The van der Waals surface area contributed by atoms with Crippen LogP contribution in [0, 0.1) is 13.8 Å². The topological polar surface area (TPSA) is 58.6 Å². The average molecular weight is 340 g/mol. The van der Waals surface area contributed by atoms with Crippen LogP contribution >= 0.6 is 0 Å². The average Bonchev–Trinajstić information content (AvgIpc) is 2.60. The highest BCUT2D eigenvalue weighted by molar-refractivity contribution is 5.96. The highest BCUT2D eigenvalue weighted by atomic mass is 16.5. The van der Waals surface area contributed by atoms with Crippen LogP contribution in [0.5, 0.6) is 5.75 Å². The third-order valence-corrected chi connectivity index (χ3v) is 3.82. The first-order chi connectivity index (χ1) is 12.0. The van der Waals surface area contributed by atoms with Gasteiger partial charge in [0.05, 0.1) is 13.1 Å². The van der Waals surface area contributed by atoms with Gasteiger partial charge < -0.3 is 15.0 Å². The molecule has 2 amide bonds. The van der Waals surface area contributed by atoms with E-state index in [1.54, 1.807) is 24.1 Å². The molecule has 132 valence electrons. The Bertz CT molecular complexity index is 726. The number of rotatable bonds is 7. The van der Waals surface area contributed by atoms with Crippen LogP contribution in [0.4, 0.5) is 0 Å². The van der Waals surface area contributed by atoms with Crippen molar-refractivity contribution in [3.8, 4) is 5.75 Å². The number of hydrogen-bond donors (Lipinski definition) is 1. The molecule has 5 nitrogen and oxygen atoms in total. The summed E-state index contributed by atoms with van der Waals surface area (Å²) >= 11 is 0. The van der Waals surface area contributed by atoms with Gasteiger partial charge in [-0.2, -0.15) is 0 Å². The molecule has 0 bridgehead atoms. The predicted molar refractivity (Wildman–Crippen MR) is 97.8 cm³/mol. The molecule has 1 N–H and O–H groups in total. The van der Waals surface area contributed by atoms with Gasteiger partial charge in [0.15, 0.2) is 0 Å². The van der Waals surface area contributed by atoms with E-state index in [1.165, 1.54) is 0 Å². The predicted octanol–water partition coefficient (Wildman–Crippen LogP) is 2.57. The highest BCUT2D eigenvalue weighted by Gasteiger charge is 2.11. The summed E-state index contributed by atoms with van der Waals surface area (Å²) in [6.45, 7) is 4.77. The number of nitrogens with zero attached hydrogens (tertiary/aromatic N) is 1. The van der Waals surface area contributed by atoms with Crippen molar-refractivity contribution < 1.29 is 14.3 Å². The second-order valence-corrected chi connectivity index (χ2v) is 6.03. The van der Waals surface area contributed by atoms with Crippen LogP contribution in [-0.4, -0.2) is 43.5 Å². The van der Waals surface area contributed by atoms with Gasteiger partial charge in [-0.3, -0.25) is 9.59 Å². The fraction of sp³-hybridized carbons (Fsp3) is 0.300. The third-order valence-electron chi connectivity index (χ3n) is 3.82. The number of carbonyl (C=O) groups is 2. The molecule has 2 rings (SSSR count). The van der Waals surface area contributed by atoms with Gasteiger partial charge >= 0.3 is 0 Å². The first-order valence-corrected chi connectivity index (χ1v) is 8.24. The molecule has 0 aromatic heterocycles. The van der Waals surface area contributed by atoms with Crippen LogP contribution in [0.1, 0.15) is 21.5 Å². The fourth-order valence-electron chi connectivity index (χ4n) is 2.23. The van der Waals surface area contributed by atoms with E-state index in [4.69, 9.17) is 4.74 Å². The first-order valence-electron chi connectivity index (χ1n) is 8.24. The summed E-state index contributed by atoms with van der Waals surface area (Å²) in [5, 5.41) is 2.64. The van der Waals surface area contributed by atoms with Gasteiger partial charge in [0.2, 0.25) is 5.91 Å². The summed E-state index contributed by atoms with van der Waals surface area (Å²) in [5.41, 5.74) is 2.76. The third kappa shape index (κ3) is 5.95. The number of nitrogens with one attached hydrogen (secondary N) is 1. The molecule has 0 saturated carbocycles. The Labute approximate surface area is 148 Å². The maximum Gasteiger partial charge on any atom is 0.251 e. The van der Waals surface area contributed by atoms with Crippen molar-refractivity contribution in [2.24, 2.45) is 0 Å². The quantitative estimate of drug-likeness (QED) is 0.843. The molecule has 0 unspecified atom stereocenters. The zero-order valence-electron chi connectivity index (χ0n) is 14.9. The zero-order valence-corrected chi connectivity index (χ0v) is 14.9. The molecule has 0 atom stereocenters. The lowest BCUT2D eigenvalue weighted by Gasteiger charge is -2.18. The molecule has 0 aliphatic carbocycles. The lowest BCUT2D eigenvalue weighted by molar-refractivity contribution is -0.129. The largest absolute Gasteiger partial charge is 0.492 e. The molecule has 0 aliphatic rings. The van der Waals surface area contributed by atoms with E-state index in [2.05, 4.69) is 5.32 Å². The van der Waals surface area contributed by atoms with E-state index in [1.807, 2.05) is 50.2 Å². The standard InChI is InChI=1S/C20H24N2O3/c1-15-7-9-17(10-8-15)20(24)21-14-19(23)22(3)11-12-25-18-6-4-5-16(2)13-18/h4-10,13H,11-12,14H2,1-3H3,(H,21,24). The zero-order chi connectivity index (χ0) is 18.2. The number of ether oxygens (including phenoxy) is 1. The van der Waals surface area contributed by atoms with Crippen LogP contribution in [0.15, 0.2) is 48.5 Å². The molecule has 2 aromatic rings. The SMILES string of the molecule is Cc1ccc(C(=O)NCC(=O)N(C)CCOc2cccc(C)c2)cc1. The molecule has 0 radical (unpaired) electrons. The number of hydrogen-bond acceptors (Lipinski definition) is 3. The van der Waals surface area contributed by atoms with Gasteiger partial charge in [0, 0.05) is 12.6 Å². The Morgan fingerprint density at radius 1 is 1.04 bits per heavy atom. The van der Waals surface area contributed by atoms with Crippen molar-refractivity contribution in [2.45, 2.75) is 13.8 Å². The van der Waals surface area contributed by atoms with Crippen molar-refractivity contribution in [3.05, 3.63) is 65.2 Å². The van der Waals surface area contributed by atoms with Crippen LogP contribution in [-0.2, 0) is 4.79 Å². The second-order valence-electron chi connectivity index (χ2n) is 6.03. The van der Waals surface area contributed by atoms with Crippen molar-refractivity contribution in [3.63, 3.8) is 0 Å². The molecule has 0 heterocycles. The van der Waals surface area contributed by atoms with E-state index in [-0.39, 0.29) is 18.4 Å². The molecule has 0 fully saturated rings. The Morgan fingerprint density at radius 2 is 1.76 bits per heavy atom. The van der Waals surface area contributed by atoms with Crippen molar-refractivity contribution in [2.75, 3.05) is 26.7 Å². The van der Waals surface area contributed by atoms with Gasteiger partial charge in [0.1, 0.15) is 12.4 Å². The monoisotopic (exact) mass is 340 g/mol. The lowest BCUT2D eigenvalue weighted by Crippen LogP contribution is -2.39. The van der Waals surface area contributed by atoms with Crippen LogP contribution in [0.2, 0.25) is 0 Å². The van der Waals surface area contributed by atoms with E-state index >= 15 is 0 Å². The minimum Gasteiger partial charge on any atom is -0.492 e. The van der Waals surface area contributed by atoms with Crippen LogP contribution < -0.4 is 10.1 Å². The maximum atomic E-state index is 12.1. The molecular weight excluding hydrogens is 316 g/mol. The number of amides is 2. The van der Waals surface area contributed by atoms with Gasteiger partial charge in [-0.25, -0.2) is 0 Å². The normalized spacial score (nSPS) is 10.2. The molecule has 0 aliphatic heterocycles. The Kier molecular flexibility index (Phi) is 6.57. The summed E-state index contributed by atoms with van der Waals surface area (Å²) in [4.78, 5) is 25.6. The van der Waals surface area contributed by atoms with Gasteiger partial charge in [0.25, 0.3) is 5.91 Å². The van der Waals surface area contributed by atoms with Gasteiger partial charge in [-0.1, -0.05) is 29.8 Å². The second kappa shape index (κ2) is 8.87. The van der Waals surface area contributed by atoms with Crippen LogP contribution in [0.3, 0.4) is 0 Å². The van der Waals surface area contributed by atoms with E-state index < -0.39 is 0 Å². The summed E-state index contributed by atoms with van der Waals surface area (Å²) in [6.07, 6.45) is 0. The van der Waals surface area contributed by atoms with Gasteiger partial charge in [-0.15, -0.1) is 0 Å². The minimum absolute atomic E-state index is 0.0341. The van der Waals surface area contributed by atoms with E-state index in [0.717, 1.165) is 16.9 Å². The van der Waals surface area contributed by atoms with Crippen LogP contribution in [0.25, 0.3) is 0 Å². The summed E-state index contributed by atoms with van der Waals surface area (Å²) in [7, 11) is 1.69. The minimum atomic E-state index is -0.252. The molecule has 0 saturated heterocycles.